The van der Waals surface area contributed by atoms with Crippen molar-refractivity contribution in [1.29, 1.82) is 0 Å². The molecule has 2 amide bonds. The Morgan fingerprint density at radius 3 is 2.19 bits per heavy atom. The van der Waals surface area contributed by atoms with Crippen LogP contribution in [-0.4, -0.2) is 53.1 Å². The molecule has 9 nitrogen and oxygen atoms in total. The van der Waals surface area contributed by atoms with Crippen LogP contribution < -0.4 is 16.4 Å². The molecule has 0 saturated heterocycles. The minimum atomic E-state index is -1.29. The predicted octanol–water partition coefficient (Wildman–Crippen LogP) is -1.33. The molecule has 1 atom stereocenters. The standard InChI is InChI=1S/C12H21N3O6/c13-5-3-1-2-4-9(16)15-8(6-10(17)18)12(21)14-7-11(19)20/h8H,1-7,13H2,(H,14,21)(H,15,16)(H,17,18)(H,19,20). The van der Waals surface area contributed by atoms with E-state index in [0.29, 0.717) is 13.0 Å². The molecule has 0 aromatic heterocycles. The first-order chi connectivity index (χ1) is 9.86. The maximum absolute atomic E-state index is 11.6. The van der Waals surface area contributed by atoms with Crippen molar-refractivity contribution in [2.24, 2.45) is 5.73 Å². The van der Waals surface area contributed by atoms with Gasteiger partial charge in [-0.3, -0.25) is 19.2 Å². The first kappa shape index (κ1) is 18.8. The number of carboxylic acid groups (broad SMARTS) is 2. The normalized spacial score (nSPS) is 11.5. The van der Waals surface area contributed by atoms with Gasteiger partial charge in [0, 0.05) is 6.42 Å². The van der Waals surface area contributed by atoms with E-state index in [1.54, 1.807) is 0 Å². The second kappa shape index (κ2) is 10.6. The van der Waals surface area contributed by atoms with Gasteiger partial charge < -0.3 is 26.6 Å². The Kier molecular flexibility index (Phi) is 9.52. The largest absolute Gasteiger partial charge is 0.481 e. The third-order valence-electron chi connectivity index (χ3n) is 2.55. The number of nitrogens with two attached hydrogens (primary N) is 1. The first-order valence-electron chi connectivity index (χ1n) is 6.57. The van der Waals surface area contributed by atoms with Crippen LogP contribution in [0, 0.1) is 0 Å². The summed E-state index contributed by atoms with van der Waals surface area (Å²) in [5, 5.41) is 21.5. The highest BCUT2D eigenvalue weighted by molar-refractivity contribution is 5.92. The van der Waals surface area contributed by atoms with Crippen LogP contribution in [0.2, 0.25) is 0 Å². The van der Waals surface area contributed by atoms with Crippen LogP contribution in [0.25, 0.3) is 0 Å². The van der Waals surface area contributed by atoms with Crippen LogP contribution in [0.1, 0.15) is 32.1 Å². The summed E-state index contributed by atoms with van der Waals surface area (Å²) in [5.41, 5.74) is 5.31. The van der Waals surface area contributed by atoms with Gasteiger partial charge in [-0.1, -0.05) is 6.42 Å². The van der Waals surface area contributed by atoms with Crippen molar-refractivity contribution in [1.82, 2.24) is 10.6 Å². The number of carboxylic acids is 2. The number of amides is 2. The molecule has 0 aliphatic rings. The van der Waals surface area contributed by atoms with Crippen molar-refractivity contribution < 1.29 is 29.4 Å². The molecule has 0 aromatic carbocycles. The fourth-order valence-electron chi connectivity index (χ4n) is 1.54. The molecule has 21 heavy (non-hydrogen) atoms. The van der Waals surface area contributed by atoms with E-state index in [-0.39, 0.29) is 6.42 Å². The molecule has 0 aromatic rings. The zero-order valence-corrected chi connectivity index (χ0v) is 11.6. The third kappa shape index (κ3) is 10.3. The molecule has 0 spiro atoms. The lowest BCUT2D eigenvalue weighted by molar-refractivity contribution is -0.141. The van der Waals surface area contributed by atoms with E-state index in [1.165, 1.54) is 0 Å². The minimum Gasteiger partial charge on any atom is -0.481 e. The Hall–Kier alpha value is -2.16. The van der Waals surface area contributed by atoms with Crippen molar-refractivity contribution in [2.45, 2.75) is 38.1 Å². The van der Waals surface area contributed by atoms with Crippen LogP contribution in [0.4, 0.5) is 0 Å². The summed E-state index contributed by atoms with van der Waals surface area (Å²) in [4.78, 5) is 44.3. The van der Waals surface area contributed by atoms with Crippen molar-refractivity contribution in [3.63, 3.8) is 0 Å². The fraction of sp³-hybridized carbons (Fsp3) is 0.667. The Balaban J connectivity index is 4.33. The molecular weight excluding hydrogens is 282 g/mol. The topological polar surface area (TPSA) is 159 Å². The lowest BCUT2D eigenvalue weighted by Crippen LogP contribution is -2.48. The molecule has 1 unspecified atom stereocenters. The molecule has 0 aliphatic carbocycles. The molecule has 9 heteroatoms. The van der Waals surface area contributed by atoms with E-state index in [4.69, 9.17) is 15.9 Å². The molecule has 0 rings (SSSR count). The molecular formula is C12H21N3O6. The Labute approximate surface area is 121 Å². The number of rotatable bonds is 11. The minimum absolute atomic E-state index is 0.155. The second-order valence-corrected chi connectivity index (χ2v) is 4.43. The quantitative estimate of drug-likeness (QED) is 0.295. The van der Waals surface area contributed by atoms with E-state index < -0.39 is 42.8 Å². The Bertz CT molecular complexity index is 385. The Morgan fingerprint density at radius 1 is 1.00 bits per heavy atom. The van der Waals surface area contributed by atoms with Crippen molar-refractivity contribution in [3.8, 4) is 0 Å². The van der Waals surface area contributed by atoms with Gasteiger partial charge >= 0.3 is 11.9 Å². The van der Waals surface area contributed by atoms with Crippen LogP contribution in [-0.2, 0) is 19.2 Å². The summed E-state index contributed by atoms with van der Waals surface area (Å²) >= 11 is 0. The summed E-state index contributed by atoms with van der Waals surface area (Å²) in [7, 11) is 0. The maximum Gasteiger partial charge on any atom is 0.322 e. The predicted molar refractivity (Wildman–Crippen MR) is 72.4 cm³/mol. The van der Waals surface area contributed by atoms with Crippen LogP contribution in [0.15, 0.2) is 0 Å². The van der Waals surface area contributed by atoms with E-state index in [1.807, 2.05) is 5.32 Å². The highest BCUT2D eigenvalue weighted by Gasteiger charge is 2.23. The van der Waals surface area contributed by atoms with Gasteiger partial charge in [0.15, 0.2) is 0 Å². The van der Waals surface area contributed by atoms with E-state index >= 15 is 0 Å². The Morgan fingerprint density at radius 2 is 1.67 bits per heavy atom. The van der Waals surface area contributed by atoms with Gasteiger partial charge in [-0.2, -0.15) is 0 Å². The molecule has 0 saturated carbocycles. The number of aliphatic carboxylic acids is 2. The zero-order chi connectivity index (χ0) is 16.3. The van der Waals surface area contributed by atoms with Crippen LogP contribution >= 0.6 is 0 Å². The van der Waals surface area contributed by atoms with Crippen molar-refractivity contribution >= 4 is 23.8 Å². The number of carbonyl (C=O) groups excluding carboxylic acids is 2. The van der Waals surface area contributed by atoms with Gasteiger partial charge in [0.2, 0.25) is 11.8 Å². The molecule has 0 radical (unpaired) electrons. The molecule has 0 aliphatic heterocycles. The van der Waals surface area contributed by atoms with Crippen LogP contribution in [0.3, 0.4) is 0 Å². The number of unbranched alkanes of at least 4 members (excludes halogenated alkanes) is 2. The van der Waals surface area contributed by atoms with Gasteiger partial charge in [0.1, 0.15) is 12.6 Å². The van der Waals surface area contributed by atoms with Crippen LogP contribution in [0.5, 0.6) is 0 Å². The molecule has 120 valence electrons. The van der Waals surface area contributed by atoms with E-state index in [2.05, 4.69) is 5.32 Å². The first-order valence-corrected chi connectivity index (χ1v) is 6.57. The highest BCUT2D eigenvalue weighted by Crippen LogP contribution is 2.00. The summed E-state index contributed by atoms with van der Waals surface area (Å²) in [6.07, 6.45) is 1.67. The van der Waals surface area contributed by atoms with Crippen molar-refractivity contribution in [3.05, 3.63) is 0 Å². The number of hydrogen-bond acceptors (Lipinski definition) is 5. The summed E-state index contributed by atoms with van der Waals surface area (Å²) in [6.45, 7) is -0.109. The number of carbonyl (C=O) groups is 4. The highest BCUT2D eigenvalue weighted by atomic mass is 16.4. The van der Waals surface area contributed by atoms with Gasteiger partial charge in [0.05, 0.1) is 6.42 Å². The molecule has 0 heterocycles. The molecule has 0 bridgehead atoms. The second-order valence-electron chi connectivity index (χ2n) is 4.43. The van der Waals surface area contributed by atoms with Gasteiger partial charge in [-0.05, 0) is 19.4 Å². The lowest BCUT2D eigenvalue weighted by atomic mass is 10.1. The number of nitrogens with one attached hydrogen (secondary N) is 2. The van der Waals surface area contributed by atoms with E-state index in [9.17, 15) is 19.2 Å². The number of hydrogen-bond donors (Lipinski definition) is 5. The monoisotopic (exact) mass is 303 g/mol. The lowest BCUT2D eigenvalue weighted by Gasteiger charge is -2.16. The maximum atomic E-state index is 11.6. The molecule has 0 fully saturated rings. The average molecular weight is 303 g/mol. The summed E-state index contributed by atoms with van der Waals surface area (Å²) in [6, 6.07) is -1.29. The zero-order valence-electron chi connectivity index (χ0n) is 11.6. The van der Waals surface area contributed by atoms with E-state index in [0.717, 1.165) is 12.8 Å². The van der Waals surface area contributed by atoms with Gasteiger partial charge in [-0.25, -0.2) is 0 Å². The van der Waals surface area contributed by atoms with Gasteiger partial charge in [0.25, 0.3) is 0 Å². The SMILES string of the molecule is NCCCCCC(=O)NC(CC(=O)O)C(=O)NCC(=O)O. The molecule has 6 N–H and O–H groups in total. The smallest absolute Gasteiger partial charge is 0.322 e. The third-order valence-corrected chi connectivity index (χ3v) is 2.55. The average Bonchev–Trinajstić information content (AvgIpc) is 2.39. The summed E-state index contributed by atoms with van der Waals surface area (Å²) in [5.74, 6) is -3.82. The fourth-order valence-corrected chi connectivity index (χ4v) is 1.54. The van der Waals surface area contributed by atoms with Gasteiger partial charge in [-0.15, -0.1) is 0 Å². The summed E-state index contributed by atoms with van der Waals surface area (Å²) < 4.78 is 0. The van der Waals surface area contributed by atoms with Crippen molar-refractivity contribution in [2.75, 3.05) is 13.1 Å².